The molecule has 0 fully saturated rings. The molecule has 0 unspecified atom stereocenters. The van der Waals surface area contributed by atoms with Gasteiger partial charge in [-0.2, -0.15) is 0 Å². The molecule has 23 aromatic rings. The van der Waals surface area contributed by atoms with Crippen LogP contribution in [0.5, 0.6) is 0 Å². The van der Waals surface area contributed by atoms with Crippen molar-refractivity contribution in [3.63, 3.8) is 0 Å². The first kappa shape index (κ1) is 62.9. The van der Waals surface area contributed by atoms with Gasteiger partial charge in [0.1, 0.15) is 43.5 Å². The molecular weight excluding hydrogens is 1390 g/mol. The summed E-state index contributed by atoms with van der Waals surface area (Å²) in [4.78, 5) is 15.4. The molecule has 0 saturated heterocycles. The molecule has 7 nitrogen and oxygen atoms in total. The van der Waals surface area contributed by atoms with Crippen molar-refractivity contribution in [2.75, 3.05) is 9.80 Å². The maximum atomic E-state index is 6.92. The number of benzene rings is 18. The van der Waals surface area contributed by atoms with Crippen molar-refractivity contribution in [2.24, 2.45) is 0 Å². The normalized spacial score (nSPS) is 12.0. The van der Waals surface area contributed by atoms with Crippen molar-refractivity contribution in [3.05, 3.63) is 364 Å². The monoisotopic (exact) mass is 1450 g/mol. The van der Waals surface area contributed by atoms with Crippen LogP contribution in [0.2, 0.25) is 0 Å². The average Bonchev–Trinajstić information content (AvgIpc) is 1.60. The third-order valence-electron chi connectivity index (χ3n) is 22.3. The summed E-state index contributed by atoms with van der Waals surface area (Å²) in [6.45, 7) is 0. The van der Waals surface area contributed by atoms with E-state index in [0.29, 0.717) is 0 Å². The molecule has 5 heterocycles. The molecule has 0 bridgehead atoms. The fourth-order valence-electron chi connectivity index (χ4n) is 16.9. The van der Waals surface area contributed by atoms with E-state index in [9.17, 15) is 0 Å². The van der Waals surface area contributed by atoms with E-state index in [0.717, 1.165) is 176 Å². The number of para-hydroxylation sites is 2. The minimum absolute atomic E-state index is 0.801. The molecule has 0 spiro atoms. The van der Waals surface area contributed by atoms with Gasteiger partial charge in [0, 0.05) is 117 Å². The number of rotatable bonds is 12. The van der Waals surface area contributed by atoms with Crippen LogP contribution in [0.25, 0.3) is 195 Å². The maximum Gasteiger partial charge on any atom is 0.137 e. The number of hydrogen-bond donors (Lipinski definition) is 0. The van der Waals surface area contributed by atoms with Crippen LogP contribution in [0.15, 0.2) is 377 Å². The first-order valence-corrected chi connectivity index (χ1v) is 39.0. The van der Waals surface area contributed by atoms with Gasteiger partial charge in [-0.15, -0.1) is 22.7 Å². The molecule has 0 saturated carbocycles. The number of thiazole rings is 2. The van der Waals surface area contributed by atoms with Crippen LogP contribution < -0.4 is 9.80 Å². The Morgan fingerprint density at radius 1 is 0.180 bits per heavy atom. The summed E-state index contributed by atoms with van der Waals surface area (Å²) < 4.78 is 22.3. The van der Waals surface area contributed by atoms with E-state index in [1.54, 1.807) is 22.7 Å². The van der Waals surface area contributed by atoms with Gasteiger partial charge >= 0.3 is 0 Å². The van der Waals surface area contributed by atoms with Gasteiger partial charge in [-0.3, -0.25) is 0 Å². The molecule has 518 valence electrons. The van der Waals surface area contributed by atoms with Crippen LogP contribution in [0, 0.1) is 0 Å². The minimum atomic E-state index is 0.801. The van der Waals surface area contributed by atoms with E-state index in [2.05, 4.69) is 350 Å². The third-order valence-corrected chi connectivity index (χ3v) is 24.6. The van der Waals surface area contributed by atoms with E-state index in [1.165, 1.54) is 52.8 Å². The number of furan rings is 3. The van der Waals surface area contributed by atoms with E-state index < -0.39 is 0 Å². The predicted octanol–water partition coefficient (Wildman–Crippen LogP) is 30.2. The smallest absolute Gasteiger partial charge is 0.137 e. The number of hydrogen-bond acceptors (Lipinski definition) is 9. The molecule has 23 rings (SSSR count). The van der Waals surface area contributed by atoms with E-state index >= 15 is 0 Å². The van der Waals surface area contributed by atoms with Gasteiger partial charge in [0.15, 0.2) is 0 Å². The van der Waals surface area contributed by atoms with Gasteiger partial charge in [0.25, 0.3) is 0 Å². The van der Waals surface area contributed by atoms with Crippen molar-refractivity contribution in [2.45, 2.75) is 0 Å². The second-order valence-corrected chi connectivity index (χ2v) is 30.7. The van der Waals surface area contributed by atoms with Crippen LogP contribution >= 0.6 is 22.7 Å². The molecule has 9 heteroatoms. The van der Waals surface area contributed by atoms with Crippen molar-refractivity contribution >= 4 is 186 Å². The summed E-state index contributed by atoms with van der Waals surface area (Å²) in [5, 5.41) is 18.0. The van der Waals surface area contributed by atoms with Crippen LogP contribution in [0.4, 0.5) is 34.1 Å². The lowest BCUT2D eigenvalue weighted by Crippen LogP contribution is -2.09. The minimum Gasteiger partial charge on any atom is -0.456 e. The Morgan fingerprint density at radius 2 is 0.450 bits per heavy atom. The summed E-state index contributed by atoms with van der Waals surface area (Å²) in [7, 11) is 0. The zero-order valence-electron chi connectivity index (χ0n) is 59.5. The van der Waals surface area contributed by atoms with Gasteiger partial charge in [-0.1, -0.05) is 237 Å². The standard InChI is InChI=1S/C102H60N4O3S2/c1-3-15-61(16-4-1)62-31-40-71(41-32-62)105(74-46-52-82-79-21-11-13-25-91(79)107-94(82)58-74)72-42-33-64(34-43-72)68-39-51-86-90(55-68)78-20-8-10-24-88(78)100-98(86)104-102(111-100)67-29-27-63(28-30-67)70-37-49-81-84-54-48-76(60-96(84)109-93(81)57-70)106(75-47-53-83-80-22-12-14-26-92(80)108-95(83)59-75)73-44-35-65(36-45-73)69-38-50-85-89(56-69)77-19-7-9-23-87(77)99-97(85)103-101(110-99)66-17-5-2-6-18-66/h1-60H. The average molecular weight is 1450 g/mol. The second-order valence-electron chi connectivity index (χ2n) is 28.7. The number of anilines is 6. The van der Waals surface area contributed by atoms with Crippen LogP contribution in [0.1, 0.15) is 0 Å². The Hall–Kier alpha value is -14.2. The largest absolute Gasteiger partial charge is 0.456 e. The molecule has 0 aliphatic carbocycles. The molecular formula is C102H60N4O3S2. The fraction of sp³-hybridized carbons (Fsp3) is 0. The summed E-state index contributed by atoms with van der Waals surface area (Å²) >= 11 is 3.52. The SMILES string of the molecule is c1ccc(-c2ccc(N(c3ccc(-c4ccc5c(c4)c4ccccc4c4sc(-c6ccc(-c7ccc8c(c7)oc7cc(N(c9ccc(-c%10ccc%11c(c%10)c%10ccccc%10c%10sc(-c%12ccccc%12)nc%11%10)cc9)c9ccc%10c(c9)oc9ccccc9%10)ccc78)cc6)nc54)cc3)c3ccc4c(c3)oc3ccccc34)cc2)cc1. The summed E-state index contributed by atoms with van der Waals surface area (Å²) in [5.41, 5.74) is 24.4. The quantitative estimate of drug-likeness (QED) is 0.113. The van der Waals surface area contributed by atoms with Crippen LogP contribution in [-0.4, -0.2) is 9.97 Å². The summed E-state index contributed by atoms with van der Waals surface area (Å²) in [6.07, 6.45) is 0. The van der Waals surface area contributed by atoms with Crippen molar-refractivity contribution in [3.8, 4) is 65.6 Å². The summed E-state index contributed by atoms with van der Waals surface area (Å²) in [5.74, 6) is 0. The molecule has 0 N–H and O–H groups in total. The topological polar surface area (TPSA) is 71.7 Å². The summed E-state index contributed by atoms with van der Waals surface area (Å²) in [6, 6.07) is 131. The highest BCUT2D eigenvalue weighted by Gasteiger charge is 2.23. The number of fused-ring (bicyclic) bond motifs is 21. The molecule has 5 aromatic heterocycles. The van der Waals surface area contributed by atoms with Gasteiger partial charge in [0.2, 0.25) is 0 Å². The van der Waals surface area contributed by atoms with E-state index in [-0.39, 0.29) is 0 Å². The highest BCUT2D eigenvalue weighted by molar-refractivity contribution is 7.23. The van der Waals surface area contributed by atoms with Gasteiger partial charge in [-0.05, 0) is 175 Å². The Labute approximate surface area is 644 Å². The van der Waals surface area contributed by atoms with Gasteiger partial charge in [0.05, 0.1) is 20.4 Å². The Bertz CT molecular complexity index is 7690. The lowest BCUT2D eigenvalue weighted by Gasteiger charge is -2.26. The first-order chi connectivity index (χ1) is 54.9. The molecule has 0 radical (unpaired) electrons. The molecule has 0 aliphatic heterocycles. The second kappa shape index (κ2) is 25.2. The number of aromatic nitrogens is 2. The number of nitrogens with zero attached hydrogens (tertiary/aromatic N) is 4. The molecule has 111 heavy (non-hydrogen) atoms. The lowest BCUT2D eigenvalue weighted by atomic mass is 9.96. The Morgan fingerprint density at radius 3 is 0.892 bits per heavy atom. The molecule has 0 amide bonds. The van der Waals surface area contributed by atoms with Crippen molar-refractivity contribution < 1.29 is 13.3 Å². The van der Waals surface area contributed by atoms with E-state index in [4.69, 9.17) is 23.2 Å². The zero-order chi connectivity index (χ0) is 72.8. The van der Waals surface area contributed by atoms with Crippen LogP contribution in [-0.2, 0) is 0 Å². The highest BCUT2D eigenvalue weighted by Crippen LogP contribution is 2.48. The Balaban J connectivity index is 0.548. The lowest BCUT2D eigenvalue weighted by molar-refractivity contribution is 0.668. The third kappa shape index (κ3) is 10.5. The van der Waals surface area contributed by atoms with Crippen LogP contribution in [0.3, 0.4) is 0 Å². The van der Waals surface area contributed by atoms with E-state index in [1.807, 2.05) is 24.3 Å². The van der Waals surface area contributed by atoms with Gasteiger partial charge < -0.3 is 23.1 Å². The molecule has 0 atom stereocenters. The predicted molar refractivity (Wildman–Crippen MR) is 467 cm³/mol. The van der Waals surface area contributed by atoms with Gasteiger partial charge in [-0.25, -0.2) is 9.97 Å². The maximum absolute atomic E-state index is 6.92. The zero-order valence-corrected chi connectivity index (χ0v) is 61.1. The Kier molecular flexibility index (Phi) is 14.3. The van der Waals surface area contributed by atoms with Crippen molar-refractivity contribution in [1.29, 1.82) is 0 Å². The highest BCUT2D eigenvalue weighted by atomic mass is 32.1. The first-order valence-electron chi connectivity index (χ1n) is 37.4. The fourth-order valence-corrected chi connectivity index (χ4v) is 19.1. The molecule has 0 aliphatic rings. The van der Waals surface area contributed by atoms with Crippen molar-refractivity contribution in [1.82, 2.24) is 9.97 Å². The molecule has 18 aromatic carbocycles.